The number of carbonyl (C=O) groups excluding carboxylic acids is 1. The van der Waals surface area contributed by atoms with E-state index in [1.54, 1.807) is 18.5 Å². The highest BCUT2D eigenvalue weighted by Crippen LogP contribution is 2.27. The molecular formula is C19H16F3N5O3. The third-order valence-electron chi connectivity index (χ3n) is 4.41. The van der Waals surface area contributed by atoms with Crippen LogP contribution in [-0.4, -0.2) is 51.9 Å². The van der Waals surface area contributed by atoms with E-state index in [1.807, 2.05) is 11.0 Å². The smallest absolute Gasteiger partial charge is 0.406 e. The number of carbonyl (C=O) groups is 1. The number of pyridine rings is 1. The summed E-state index contributed by atoms with van der Waals surface area (Å²) in [6.07, 6.45) is -1.45. The Morgan fingerprint density at radius 1 is 1.23 bits per heavy atom. The lowest BCUT2D eigenvalue weighted by molar-refractivity contribution is -0.274. The zero-order valence-electron chi connectivity index (χ0n) is 15.5. The first kappa shape index (κ1) is 19.8. The van der Waals surface area contributed by atoms with Gasteiger partial charge in [0, 0.05) is 36.7 Å². The zero-order valence-corrected chi connectivity index (χ0v) is 15.5. The second kappa shape index (κ2) is 8.11. The van der Waals surface area contributed by atoms with Gasteiger partial charge in [0.05, 0.1) is 12.5 Å². The number of ether oxygens (including phenoxy) is 1. The molecule has 0 aliphatic carbocycles. The molecule has 1 aromatic carbocycles. The molecule has 1 N–H and O–H groups in total. The molecule has 30 heavy (non-hydrogen) atoms. The number of anilines is 1. The van der Waals surface area contributed by atoms with Crippen molar-refractivity contribution in [1.29, 1.82) is 0 Å². The van der Waals surface area contributed by atoms with Gasteiger partial charge in [0.15, 0.2) is 0 Å². The van der Waals surface area contributed by atoms with Crippen molar-refractivity contribution in [3.05, 3.63) is 54.7 Å². The summed E-state index contributed by atoms with van der Waals surface area (Å²) in [6, 6.07) is 8.58. The van der Waals surface area contributed by atoms with E-state index in [4.69, 9.17) is 4.52 Å². The fraction of sp³-hybridized carbons (Fsp3) is 0.263. The molecule has 3 aromatic rings. The van der Waals surface area contributed by atoms with E-state index >= 15 is 0 Å². The van der Waals surface area contributed by atoms with Crippen molar-refractivity contribution in [3.8, 4) is 17.1 Å². The van der Waals surface area contributed by atoms with Crippen molar-refractivity contribution >= 4 is 11.6 Å². The fourth-order valence-corrected chi connectivity index (χ4v) is 3.01. The third-order valence-corrected chi connectivity index (χ3v) is 4.41. The van der Waals surface area contributed by atoms with Crippen LogP contribution in [-0.2, 0) is 4.79 Å². The standard InChI is InChI=1S/C19H16F3N5O3/c20-19(21,22)29-15-5-3-14(4-6-15)24-16(28)11-27-9-13(10-27)18-25-17(26-30-18)12-2-1-7-23-8-12/h1-8,13H,9-11H2,(H,24,28). The van der Waals surface area contributed by atoms with Crippen LogP contribution in [0.2, 0.25) is 0 Å². The van der Waals surface area contributed by atoms with Gasteiger partial charge in [0.2, 0.25) is 17.6 Å². The molecular weight excluding hydrogens is 403 g/mol. The fourth-order valence-electron chi connectivity index (χ4n) is 3.01. The summed E-state index contributed by atoms with van der Waals surface area (Å²) in [5, 5.41) is 6.59. The first-order valence-electron chi connectivity index (χ1n) is 8.98. The van der Waals surface area contributed by atoms with Crippen LogP contribution in [0.5, 0.6) is 5.75 Å². The Bertz CT molecular complexity index is 1000. The SMILES string of the molecule is O=C(CN1CC(c2nc(-c3cccnc3)no2)C1)Nc1ccc(OC(F)(F)F)cc1. The molecule has 1 aliphatic heterocycles. The molecule has 156 valence electrons. The molecule has 8 nitrogen and oxygen atoms in total. The van der Waals surface area contributed by atoms with Crippen LogP contribution >= 0.6 is 0 Å². The van der Waals surface area contributed by atoms with Gasteiger partial charge < -0.3 is 14.6 Å². The number of alkyl halides is 3. The first-order valence-corrected chi connectivity index (χ1v) is 8.98. The number of nitrogens with one attached hydrogen (secondary N) is 1. The molecule has 0 atom stereocenters. The van der Waals surface area contributed by atoms with E-state index < -0.39 is 6.36 Å². The van der Waals surface area contributed by atoms with E-state index in [9.17, 15) is 18.0 Å². The zero-order chi connectivity index (χ0) is 21.1. The molecule has 2 aromatic heterocycles. The maximum absolute atomic E-state index is 12.2. The highest BCUT2D eigenvalue weighted by atomic mass is 19.4. The lowest BCUT2D eigenvalue weighted by Crippen LogP contribution is -2.48. The lowest BCUT2D eigenvalue weighted by Gasteiger charge is -2.36. The number of benzene rings is 1. The normalized spacial score (nSPS) is 14.9. The van der Waals surface area contributed by atoms with Crippen LogP contribution < -0.4 is 10.1 Å². The summed E-state index contributed by atoms with van der Waals surface area (Å²) >= 11 is 0. The van der Waals surface area contributed by atoms with Crippen LogP contribution in [0.1, 0.15) is 11.8 Å². The predicted molar refractivity (Wildman–Crippen MR) is 98.5 cm³/mol. The van der Waals surface area contributed by atoms with Gasteiger partial charge in [0.1, 0.15) is 5.75 Å². The molecule has 1 aliphatic rings. The Kier molecular flexibility index (Phi) is 5.36. The number of halogens is 3. The summed E-state index contributed by atoms with van der Waals surface area (Å²) in [5.41, 5.74) is 1.14. The lowest BCUT2D eigenvalue weighted by atomic mass is 10.0. The summed E-state index contributed by atoms with van der Waals surface area (Å²) in [6.45, 7) is 1.31. The Balaban J connectivity index is 1.24. The Morgan fingerprint density at radius 3 is 2.67 bits per heavy atom. The van der Waals surface area contributed by atoms with E-state index in [0.29, 0.717) is 30.5 Å². The van der Waals surface area contributed by atoms with E-state index in [2.05, 4.69) is 25.2 Å². The van der Waals surface area contributed by atoms with Gasteiger partial charge in [0.25, 0.3) is 0 Å². The van der Waals surface area contributed by atoms with Crippen LogP contribution in [0.4, 0.5) is 18.9 Å². The average Bonchev–Trinajstić information content (AvgIpc) is 3.15. The van der Waals surface area contributed by atoms with Crippen LogP contribution in [0.25, 0.3) is 11.4 Å². The largest absolute Gasteiger partial charge is 0.573 e. The maximum Gasteiger partial charge on any atom is 0.573 e. The molecule has 11 heteroatoms. The third kappa shape index (κ3) is 4.92. The Morgan fingerprint density at radius 2 is 2.00 bits per heavy atom. The molecule has 0 bridgehead atoms. The summed E-state index contributed by atoms with van der Waals surface area (Å²) in [7, 11) is 0. The van der Waals surface area contributed by atoms with Gasteiger partial charge in [-0.3, -0.25) is 14.7 Å². The predicted octanol–water partition coefficient (Wildman–Crippen LogP) is 3.07. The van der Waals surface area contributed by atoms with Gasteiger partial charge in [-0.25, -0.2) is 0 Å². The first-order chi connectivity index (χ1) is 14.4. The number of hydrogen-bond acceptors (Lipinski definition) is 7. The summed E-state index contributed by atoms with van der Waals surface area (Å²) in [4.78, 5) is 22.4. The molecule has 3 heterocycles. The highest BCUT2D eigenvalue weighted by Gasteiger charge is 2.34. The minimum Gasteiger partial charge on any atom is -0.406 e. The van der Waals surface area contributed by atoms with Crippen LogP contribution in [0.15, 0.2) is 53.3 Å². The molecule has 0 saturated carbocycles. The van der Waals surface area contributed by atoms with Gasteiger partial charge in [-0.15, -0.1) is 13.2 Å². The molecule has 1 fully saturated rings. The van der Waals surface area contributed by atoms with Gasteiger partial charge >= 0.3 is 6.36 Å². The topological polar surface area (TPSA) is 93.4 Å². The van der Waals surface area contributed by atoms with Crippen molar-refractivity contribution in [2.24, 2.45) is 0 Å². The molecule has 0 unspecified atom stereocenters. The summed E-state index contributed by atoms with van der Waals surface area (Å²) in [5.74, 6) is 0.378. The summed E-state index contributed by atoms with van der Waals surface area (Å²) < 4.78 is 45.6. The Labute approximate surface area is 168 Å². The number of hydrogen-bond donors (Lipinski definition) is 1. The number of rotatable bonds is 6. The minimum atomic E-state index is -4.75. The second-order valence-electron chi connectivity index (χ2n) is 6.71. The molecule has 0 spiro atoms. The molecule has 1 amide bonds. The van der Waals surface area contributed by atoms with E-state index in [-0.39, 0.29) is 24.1 Å². The minimum absolute atomic E-state index is 0.0366. The molecule has 0 radical (unpaired) electrons. The highest BCUT2D eigenvalue weighted by molar-refractivity contribution is 5.92. The number of likely N-dealkylation sites (tertiary alicyclic amines) is 1. The monoisotopic (exact) mass is 419 g/mol. The molecule has 4 rings (SSSR count). The average molecular weight is 419 g/mol. The van der Waals surface area contributed by atoms with Crippen molar-refractivity contribution in [3.63, 3.8) is 0 Å². The van der Waals surface area contributed by atoms with Crippen LogP contribution in [0.3, 0.4) is 0 Å². The maximum atomic E-state index is 12.2. The molecule has 1 saturated heterocycles. The Hall–Kier alpha value is -3.47. The van der Waals surface area contributed by atoms with Crippen molar-refractivity contribution in [1.82, 2.24) is 20.0 Å². The van der Waals surface area contributed by atoms with Crippen molar-refractivity contribution in [2.75, 3.05) is 25.0 Å². The van der Waals surface area contributed by atoms with E-state index in [1.165, 1.54) is 12.1 Å². The van der Waals surface area contributed by atoms with Crippen molar-refractivity contribution in [2.45, 2.75) is 12.3 Å². The number of aromatic nitrogens is 3. The quantitative estimate of drug-likeness (QED) is 0.656. The van der Waals surface area contributed by atoms with Crippen LogP contribution in [0, 0.1) is 0 Å². The van der Waals surface area contributed by atoms with Gasteiger partial charge in [-0.1, -0.05) is 5.16 Å². The van der Waals surface area contributed by atoms with Gasteiger partial charge in [-0.05, 0) is 36.4 Å². The van der Waals surface area contributed by atoms with E-state index in [0.717, 1.165) is 17.7 Å². The number of nitrogens with zero attached hydrogens (tertiary/aromatic N) is 4. The van der Waals surface area contributed by atoms with Crippen molar-refractivity contribution < 1.29 is 27.2 Å². The second-order valence-corrected chi connectivity index (χ2v) is 6.71. The van der Waals surface area contributed by atoms with Gasteiger partial charge in [-0.2, -0.15) is 4.98 Å². The number of amides is 1.